The Morgan fingerprint density at radius 1 is 1.24 bits per heavy atom. The molecule has 0 saturated heterocycles. The minimum atomic E-state index is 0.476. The lowest BCUT2D eigenvalue weighted by molar-refractivity contribution is 0.414. The van der Waals surface area contributed by atoms with E-state index >= 15 is 0 Å². The average Bonchev–Trinajstić information content (AvgIpc) is 2.90. The third-order valence-electron chi connectivity index (χ3n) is 3.39. The van der Waals surface area contributed by atoms with Crippen LogP contribution in [0.2, 0.25) is 0 Å². The molecule has 2 nitrogen and oxygen atoms in total. The lowest BCUT2D eigenvalue weighted by Crippen LogP contribution is -2.33. The van der Waals surface area contributed by atoms with Gasteiger partial charge in [0.05, 0.1) is 7.11 Å². The molecular formula is C17H22BrNOS. The van der Waals surface area contributed by atoms with Gasteiger partial charge < -0.3 is 10.1 Å². The number of hydrogen-bond donors (Lipinski definition) is 1. The lowest BCUT2D eigenvalue weighted by atomic mass is 10.0. The van der Waals surface area contributed by atoms with Gasteiger partial charge >= 0.3 is 0 Å². The van der Waals surface area contributed by atoms with Crippen molar-refractivity contribution in [1.82, 2.24) is 5.32 Å². The second kappa shape index (κ2) is 8.57. The van der Waals surface area contributed by atoms with Gasteiger partial charge in [0.2, 0.25) is 0 Å². The van der Waals surface area contributed by atoms with Crippen molar-refractivity contribution in [1.29, 1.82) is 0 Å². The fourth-order valence-corrected chi connectivity index (χ4v) is 3.85. The van der Waals surface area contributed by atoms with Gasteiger partial charge in [-0.05, 0) is 65.5 Å². The summed E-state index contributed by atoms with van der Waals surface area (Å²) >= 11 is 5.35. The van der Waals surface area contributed by atoms with Gasteiger partial charge in [-0.3, -0.25) is 0 Å². The summed E-state index contributed by atoms with van der Waals surface area (Å²) in [6.07, 6.45) is 3.27. The largest absolute Gasteiger partial charge is 0.497 e. The Morgan fingerprint density at radius 3 is 2.57 bits per heavy atom. The molecule has 114 valence electrons. The minimum Gasteiger partial charge on any atom is -0.497 e. The number of thiophene rings is 1. The molecule has 0 aliphatic carbocycles. The Bertz CT molecular complexity index is 538. The zero-order valence-corrected chi connectivity index (χ0v) is 15.0. The molecule has 1 atom stereocenters. The normalized spacial score (nSPS) is 12.3. The first-order valence-electron chi connectivity index (χ1n) is 7.30. The van der Waals surface area contributed by atoms with Crippen molar-refractivity contribution in [2.75, 3.05) is 13.7 Å². The average molecular weight is 368 g/mol. The molecule has 0 saturated carbocycles. The van der Waals surface area contributed by atoms with Gasteiger partial charge in [-0.15, -0.1) is 11.3 Å². The molecule has 1 heterocycles. The van der Waals surface area contributed by atoms with Crippen LogP contribution in [0.25, 0.3) is 0 Å². The second-order valence-electron chi connectivity index (χ2n) is 5.14. The van der Waals surface area contributed by atoms with E-state index < -0.39 is 0 Å². The molecule has 1 aromatic carbocycles. The van der Waals surface area contributed by atoms with Crippen molar-refractivity contribution in [3.05, 3.63) is 50.6 Å². The van der Waals surface area contributed by atoms with E-state index in [-0.39, 0.29) is 0 Å². The summed E-state index contributed by atoms with van der Waals surface area (Å²) in [6, 6.07) is 11.1. The van der Waals surface area contributed by atoms with E-state index in [9.17, 15) is 0 Å². The highest BCUT2D eigenvalue weighted by atomic mass is 79.9. The molecule has 0 bridgehead atoms. The predicted octanol–water partition coefficient (Wildman–Crippen LogP) is 4.67. The standard InChI is InChI=1S/C17H22BrNOS/c1-3-8-19-15(11-17-10-14(18)12-21-17)9-13-4-6-16(20-2)7-5-13/h4-7,10,12,15,19H,3,8-9,11H2,1-2H3. The van der Waals surface area contributed by atoms with Gasteiger partial charge in [-0.1, -0.05) is 19.1 Å². The first-order valence-corrected chi connectivity index (χ1v) is 8.97. The molecule has 1 unspecified atom stereocenters. The number of nitrogens with one attached hydrogen (secondary N) is 1. The summed E-state index contributed by atoms with van der Waals surface area (Å²) in [4.78, 5) is 1.42. The molecular weight excluding hydrogens is 346 g/mol. The van der Waals surface area contributed by atoms with E-state index in [1.54, 1.807) is 7.11 Å². The van der Waals surface area contributed by atoms with E-state index in [1.807, 2.05) is 23.5 Å². The van der Waals surface area contributed by atoms with Crippen molar-refractivity contribution in [2.45, 2.75) is 32.2 Å². The first kappa shape index (κ1) is 16.5. The van der Waals surface area contributed by atoms with Gasteiger partial charge in [0, 0.05) is 20.8 Å². The van der Waals surface area contributed by atoms with E-state index in [4.69, 9.17) is 4.74 Å². The van der Waals surface area contributed by atoms with E-state index in [0.717, 1.165) is 31.6 Å². The summed E-state index contributed by atoms with van der Waals surface area (Å²) in [5.74, 6) is 0.916. The molecule has 0 amide bonds. The summed E-state index contributed by atoms with van der Waals surface area (Å²) in [5.41, 5.74) is 1.35. The topological polar surface area (TPSA) is 21.3 Å². The number of benzene rings is 1. The van der Waals surface area contributed by atoms with Crippen molar-refractivity contribution in [2.24, 2.45) is 0 Å². The second-order valence-corrected chi connectivity index (χ2v) is 7.05. The molecule has 4 heteroatoms. The summed E-state index contributed by atoms with van der Waals surface area (Å²) < 4.78 is 6.40. The minimum absolute atomic E-state index is 0.476. The summed E-state index contributed by atoms with van der Waals surface area (Å²) in [7, 11) is 1.70. The van der Waals surface area contributed by atoms with Crippen LogP contribution in [-0.2, 0) is 12.8 Å². The zero-order valence-electron chi connectivity index (χ0n) is 12.6. The molecule has 0 fully saturated rings. The van der Waals surface area contributed by atoms with Gasteiger partial charge in [-0.25, -0.2) is 0 Å². The van der Waals surface area contributed by atoms with Crippen LogP contribution in [-0.4, -0.2) is 19.7 Å². The number of hydrogen-bond acceptors (Lipinski definition) is 3. The quantitative estimate of drug-likeness (QED) is 0.731. The van der Waals surface area contributed by atoms with Gasteiger partial charge in [0.15, 0.2) is 0 Å². The maximum absolute atomic E-state index is 5.22. The molecule has 21 heavy (non-hydrogen) atoms. The van der Waals surface area contributed by atoms with Crippen LogP contribution in [0.15, 0.2) is 40.2 Å². The van der Waals surface area contributed by atoms with Crippen molar-refractivity contribution >= 4 is 27.3 Å². The van der Waals surface area contributed by atoms with Crippen LogP contribution < -0.4 is 10.1 Å². The van der Waals surface area contributed by atoms with Crippen molar-refractivity contribution < 1.29 is 4.74 Å². The Hall–Kier alpha value is -0.840. The monoisotopic (exact) mass is 367 g/mol. The zero-order chi connectivity index (χ0) is 15.1. The number of rotatable bonds is 8. The van der Waals surface area contributed by atoms with Crippen molar-refractivity contribution in [3.63, 3.8) is 0 Å². The molecule has 0 aliphatic heterocycles. The Balaban J connectivity index is 2.00. The van der Waals surface area contributed by atoms with Gasteiger partial charge in [-0.2, -0.15) is 0 Å². The third kappa shape index (κ3) is 5.46. The number of methoxy groups -OCH3 is 1. The molecule has 0 spiro atoms. The van der Waals surface area contributed by atoms with E-state index in [1.165, 1.54) is 14.9 Å². The Kier molecular flexibility index (Phi) is 6.74. The van der Waals surface area contributed by atoms with Crippen LogP contribution in [0.5, 0.6) is 5.75 Å². The predicted molar refractivity (Wildman–Crippen MR) is 94.5 cm³/mol. The van der Waals surface area contributed by atoms with Crippen LogP contribution in [0.3, 0.4) is 0 Å². The maximum Gasteiger partial charge on any atom is 0.118 e. The molecule has 0 radical (unpaired) electrons. The SMILES string of the molecule is CCCNC(Cc1ccc(OC)cc1)Cc1cc(Br)cs1. The van der Waals surface area contributed by atoms with E-state index in [0.29, 0.717) is 6.04 Å². The summed E-state index contributed by atoms with van der Waals surface area (Å²) in [6.45, 7) is 3.27. The van der Waals surface area contributed by atoms with Crippen LogP contribution in [0.1, 0.15) is 23.8 Å². The third-order valence-corrected chi connectivity index (χ3v) is 5.11. The lowest BCUT2D eigenvalue weighted by Gasteiger charge is -2.18. The van der Waals surface area contributed by atoms with Crippen molar-refractivity contribution in [3.8, 4) is 5.75 Å². The first-order chi connectivity index (χ1) is 10.2. The summed E-state index contributed by atoms with van der Waals surface area (Å²) in [5, 5.41) is 5.82. The number of halogens is 1. The fourth-order valence-electron chi connectivity index (χ4n) is 2.31. The molecule has 0 aliphatic rings. The molecule has 2 aromatic rings. The Morgan fingerprint density at radius 2 is 2.00 bits per heavy atom. The highest BCUT2D eigenvalue weighted by Crippen LogP contribution is 2.22. The number of ether oxygens (including phenoxy) is 1. The van der Waals surface area contributed by atoms with Gasteiger partial charge in [0.25, 0.3) is 0 Å². The highest BCUT2D eigenvalue weighted by Gasteiger charge is 2.11. The van der Waals surface area contributed by atoms with Crippen LogP contribution in [0.4, 0.5) is 0 Å². The van der Waals surface area contributed by atoms with Crippen LogP contribution in [0, 0.1) is 0 Å². The highest BCUT2D eigenvalue weighted by molar-refractivity contribution is 9.10. The van der Waals surface area contributed by atoms with Crippen LogP contribution >= 0.6 is 27.3 Å². The molecule has 2 rings (SSSR count). The smallest absolute Gasteiger partial charge is 0.118 e. The molecule has 1 aromatic heterocycles. The van der Waals surface area contributed by atoms with E-state index in [2.05, 4.69) is 51.7 Å². The van der Waals surface area contributed by atoms with Gasteiger partial charge in [0.1, 0.15) is 5.75 Å². The Labute approximate surface area is 139 Å². The molecule has 1 N–H and O–H groups in total. The maximum atomic E-state index is 5.22. The fraction of sp³-hybridized carbons (Fsp3) is 0.412.